The van der Waals surface area contributed by atoms with Gasteiger partial charge in [-0.3, -0.25) is 14.4 Å². The van der Waals surface area contributed by atoms with Gasteiger partial charge < -0.3 is 59.5 Å². The summed E-state index contributed by atoms with van der Waals surface area (Å²) in [5.74, 6) is -8.22. The summed E-state index contributed by atoms with van der Waals surface area (Å²) in [7, 11) is 1.07. The van der Waals surface area contributed by atoms with E-state index in [2.05, 4.69) is 18.6 Å². The number of rotatable bonds is 3. The first kappa shape index (κ1) is 43.4. The summed E-state index contributed by atoms with van der Waals surface area (Å²) in [6, 6.07) is 0.786. The molecule has 2 heterocycles. The Morgan fingerprint density at radius 3 is 1.76 bits per heavy atom. The molecular formula is C26H34F2O18. The van der Waals surface area contributed by atoms with Crippen LogP contribution in [0.2, 0.25) is 0 Å². The van der Waals surface area contributed by atoms with Gasteiger partial charge in [-0.05, 0) is 25.5 Å². The maximum absolute atomic E-state index is 13.7. The van der Waals surface area contributed by atoms with E-state index in [-0.39, 0.29) is 17.6 Å². The van der Waals surface area contributed by atoms with Crippen LogP contribution in [0.1, 0.15) is 43.6 Å². The number of carbonyl (C=O) groups excluding carboxylic acids is 2. The van der Waals surface area contributed by atoms with Gasteiger partial charge in [-0.1, -0.05) is 0 Å². The van der Waals surface area contributed by atoms with Crippen LogP contribution in [0.4, 0.5) is 8.78 Å². The van der Waals surface area contributed by atoms with E-state index in [1.54, 1.807) is 6.92 Å². The molecule has 0 aliphatic carbocycles. The monoisotopic (exact) mass is 672 g/mol. The van der Waals surface area contributed by atoms with Crippen LogP contribution >= 0.6 is 0 Å². The highest BCUT2D eigenvalue weighted by atomic mass is 19.1. The molecule has 1 aliphatic rings. The van der Waals surface area contributed by atoms with Gasteiger partial charge in [0.05, 0.1) is 13.7 Å². The van der Waals surface area contributed by atoms with E-state index in [0.717, 1.165) is 33.9 Å². The second kappa shape index (κ2) is 20.3. The Kier molecular flexibility index (Phi) is 19.1. The van der Waals surface area contributed by atoms with Crippen molar-refractivity contribution in [3.63, 3.8) is 0 Å². The van der Waals surface area contributed by atoms with E-state index in [0.29, 0.717) is 0 Å². The number of aromatic hydroxyl groups is 1. The summed E-state index contributed by atoms with van der Waals surface area (Å²) in [4.78, 5) is 61.3. The molecule has 46 heavy (non-hydrogen) atoms. The number of aliphatic hydroxyl groups excluding tert-OH is 4. The zero-order chi connectivity index (χ0) is 36.6. The van der Waals surface area contributed by atoms with Crippen molar-refractivity contribution in [2.24, 2.45) is 0 Å². The molecule has 0 bridgehead atoms. The van der Waals surface area contributed by atoms with Crippen LogP contribution in [-0.4, -0.2) is 115 Å². The average Bonchev–Trinajstić information content (AvgIpc) is 2.92. The summed E-state index contributed by atoms with van der Waals surface area (Å²) in [6.45, 7) is 6.17. The van der Waals surface area contributed by atoms with Crippen molar-refractivity contribution >= 4 is 40.8 Å². The lowest BCUT2D eigenvalue weighted by molar-refractivity contribution is -0.280. The fourth-order valence-electron chi connectivity index (χ4n) is 3.01. The molecule has 1 aromatic carbocycles. The van der Waals surface area contributed by atoms with E-state index >= 15 is 0 Å². The number of phenolic OH excluding ortho intramolecular Hbond substituents is 1. The molecule has 0 radical (unpaired) electrons. The number of phenols is 1. The first-order chi connectivity index (χ1) is 21.1. The maximum Gasteiger partial charge on any atom is 0.351 e. The number of hydrogen-bond acceptors (Lipinski definition) is 15. The molecular weight excluding hydrogens is 638 g/mol. The summed E-state index contributed by atoms with van der Waals surface area (Å²) in [5.41, 5.74) is -2.13. The molecule has 1 aliphatic heterocycles. The number of carboxylic acid groups (broad SMARTS) is 3. The largest absolute Gasteiger partial charge is 0.503 e. The minimum absolute atomic E-state index is 0.0208. The quantitative estimate of drug-likeness (QED) is 0.150. The van der Waals surface area contributed by atoms with Crippen molar-refractivity contribution in [2.75, 3.05) is 13.7 Å². The van der Waals surface area contributed by atoms with Crippen LogP contribution in [0, 0.1) is 18.6 Å². The predicted octanol–water partition coefficient (Wildman–Crippen LogP) is -0.506. The van der Waals surface area contributed by atoms with Gasteiger partial charge in [0, 0.05) is 26.2 Å². The number of fused-ring (bicyclic) bond motifs is 1. The number of carboxylic acids is 3. The summed E-state index contributed by atoms with van der Waals surface area (Å²) < 4.78 is 45.2. The number of methoxy groups -OCH3 is 1. The first-order valence-electron chi connectivity index (χ1n) is 12.4. The molecule has 260 valence electrons. The van der Waals surface area contributed by atoms with Crippen molar-refractivity contribution in [3.8, 4) is 5.75 Å². The molecule has 8 N–H and O–H groups in total. The van der Waals surface area contributed by atoms with Gasteiger partial charge in [0.2, 0.25) is 5.82 Å². The zero-order valence-electron chi connectivity index (χ0n) is 25.1. The van der Waals surface area contributed by atoms with E-state index in [4.69, 9.17) is 45.0 Å². The van der Waals surface area contributed by atoms with Gasteiger partial charge in [0.25, 0.3) is 17.9 Å². The molecule has 20 heteroatoms. The van der Waals surface area contributed by atoms with Gasteiger partial charge in [0.1, 0.15) is 23.9 Å². The minimum atomic E-state index is -1.72. The van der Waals surface area contributed by atoms with Gasteiger partial charge in [0.15, 0.2) is 29.5 Å². The van der Waals surface area contributed by atoms with Crippen LogP contribution in [-0.2, 0) is 33.4 Å². The Bertz CT molecular complexity index is 1380. The predicted molar refractivity (Wildman–Crippen MR) is 146 cm³/mol. The highest BCUT2D eigenvalue weighted by Crippen LogP contribution is 2.30. The number of aliphatic carboxylic acids is 3. The number of carbonyl (C=O) groups is 5. The molecule has 18 nitrogen and oxygen atoms in total. The summed E-state index contributed by atoms with van der Waals surface area (Å²) in [6.07, 6.45) is -8.14. The second-order valence-corrected chi connectivity index (χ2v) is 8.51. The highest BCUT2D eigenvalue weighted by Gasteiger charge is 2.46. The van der Waals surface area contributed by atoms with E-state index in [9.17, 15) is 33.4 Å². The Morgan fingerprint density at radius 2 is 1.35 bits per heavy atom. The number of aryl methyl sites for hydroxylation is 1. The molecule has 0 unspecified atom stereocenters. The number of aliphatic hydroxyl groups is 4. The Morgan fingerprint density at radius 1 is 0.891 bits per heavy atom. The van der Waals surface area contributed by atoms with Crippen molar-refractivity contribution in [3.05, 3.63) is 39.2 Å². The summed E-state index contributed by atoms with van der Waals surface area (Å²) >= 11 is 0. The average molecular weight is 673 g/mol. The topological polar surface area (TPSA) is 305 Å². The fourth-order valence-corrected chi connectivity index (χ4v) is 3.01. The lowest BCUT2D eigenvalue weighted by Gasteiger charge is -2.36. The van der Waals surface area contributed by atoms with Crippen LogP contribution in [0.15, 0.2) is 15.3 Å². The van der Waals surface area contributed by atoms with Crippen LogP contribution in [0.25, 0.3) is 11.0 Å². The van der Waals surface area contributed by atoms with E-state index in [1.807, 2.05) is 0 Å². The van der Waals surface area contributed by atoms with Gasteiger partial charge in [-0.15, -0.1) is 0 Å². The van der Waals surface area contributed by atoms with Crippen LogP contribution in [0.5, 0.6) is 5.75 Å². The molecule has 0 saturated carbocycles. The smallest absolute Gasteiger partial charge is 0.351 e. The molecule has 1 aromatic heterocycles. The van der Waals surface area contributed by atoms with Gasteiger partial charge >= 0.3 is 17.6 Å². The lowest BCUT2D eigenvalue weighted by Crippen LogP contribution is -2.59. The molecule has 2 aromatic rings. The first-order valence-corrected chi connectivity index (χ1v) is 12.4. The minimum Gasteiger partial charge on any atom is -0.503 e. The van der Waals surface area contributed by atoms with Crippen molar-refractivity contribution in [2.45, 2.75) is 65.3 Å². The number of benzene rings is 1. The van der Waals surface area contributed by atoms with E-state index < -0.39 is 94.7 Å². The molecule has 1 saturated heterocycles. The number of hydrogen-bond donors (Lipinski definition) is 8. The SMILES string of the molecule is CC(=O)O.CC(=O)O.CC(=O)O.CCOC(=O)c1c(C)c2cc(F)c(O)c(F)c2oc1=O.COC(=O)[C@H]1O[C@@H](O)[C@H](O)[C@@H](O)[C@@H]1O. The van der Waals surface area contributed by atoms with E-state index in [1.165, 1.54) is 6.92 Å². The third-order valence-corrected chi connectivity index (χ3v) is 4.83. The van der Waals surface area contributed by atoms with Crippen molar-refractivity contribution in [1.82, 2.24) is 0 Å². The highest BCUT2D eigenvalue weighted by molar-refractivity contribution is 5.96. The Hall–Kier alpha value is -4.76. The fraction of sp³-hybridized carbons (Fsp3) is 0.462. The third kappa shape index (κ3) is 13.9. The Labute approximate surface area is 257 Å². The molecule has 1 fully saturated rings. The lowest BCUT2D eigenvalue weighted by atomic mass is 9.99. The molecule has 0 amide bonds. The Balaban J connectivity index is 0. The third-order valence-electron chi connectivity index (χ3n) is 4.83. The van der Waals surface area contributed by atoms with Gasteiger partial charge in [-0.25, -0.2) is 18.8 Å². The standard InChI is InChI=1S/C13H10F2O5.C7H12O7.3C2H4O2/c1-3-19-12(17)8-5(2)6-4-7(14)10(16)9(15)11(6)20-13(8)18;1-13-7(12)5-3(9)2(8)4(10)6(11)14-5;3*1-2(3)4/h4,16H,3H2,1-2H3;2-6,8-11H,1H3;3*1H3,(H,3,4)/t;2-,3-,4+,5-,6+;;;/m.0.../s1. The van der Waals surface area contributed by atoms with Crippen molar-refractivity contribution in [1.29, 1.82) is 0 Å². The zero-order valence-corrected chi connectivity index (χ0v) is 25.1. The van der Waals surface area contributed by atoms with Crippen molar-refractivity contribution < 1.29 is 92.2 Å². The number of halogens is 2. The van der Waals surface area contributed by atoms with Gasteiger partial charge in [-0.2, -0.15) is 4.39 Å². The molecule has 3 rings (SSSR count). The maximum atomic E-state index is 13.7. The second-order valence-electron chi connectivity index (χ2n) is 8.51. The number of ether oxygens (including phenoxy) is 3. The van der Waals surface area contributed by atoms with Crippen LogP contribution < -0.4 is 5.63 Å². The molecule has 5 atom stereocenters. The normalized spacial score (nSPS) is 19.5. The van der Waals surface area contributed by atoms with Crippen LogP contribution in [0.3, 0.4) is 0 Å². The molecule has 0 spiro atoms. The number of esters is 2. The summed E-state index contributed by atoms with van der Waals surface area (Å²) in [5, 5.41) is 67.8.